The molecule has 6 rings (SSSR count). The molecule has 3 aromatic carbocycles. The van der Waals surface area contributed by atoms with E-state index >= 15 is 0 Å². The highest BCUT2D eigenvalue weighted by Crippen LogP contribution is 2.48. The van der Waals surface area contributed by atoms with Gasteiger partial charge in [-0.15, -0.1) is 0 Å². The summed E-state index contributed by atoms with van der Waals surface area (Å²) in [6, 6.07) is 13.4. The highest BCUT2D eigenvalue weighted by atomic mass is 16.3. The largest absolute Gasteiger partial charge is 0.508 e. The molecule has 3 heteroatoms. The quantitative estimate of drug-likeness (QED) is 0.199. The molecule has 3 aliphatic carbocycles. The summed E-state index contributed by atoms with van der Waals surface area (Å²) in [5.74, 6) is 3.18. The van der Waals surface area contributed by atoms with Crippen LogP contribution in [0.2, 0.25) is 0 Å². The summed E-state index contributed by atoms with van der Waals surface area (Å²) in [6.07, 6.45) is 18.0. The Hall–Kier alpha value is -2.94. The SMILES string of the molecule is CCc1cc(O)c(C2CCCC2)cc1C(C)CC(c1cc(C2CCCC2)c(O)cc1CC)c1cc(C2CCCC2)c(O)cc1CC. The molecule has 3 aliphatic rings. The molecular formula is C43H58O3. The summed E-state index contributed by atoms with van der Waals surface area (Å²) < 4.78 is 0. The van der Waals surface area contributed by atoms with E-state index in [9.17, 15) is 15.3 Å². The Kier molecular flexibility index (Phi) is 10.4. The van der Waals surface area contributed by atoms with Gasteiger partial charge in [-0.3, -0.25) is 0 Å². The van der Waals surface area contributed by atoms with Crippen molar-refractivity contribution in [1.29, 1.82) is 0 Å². The van der Waals surface area contributed by atoms with Gasteiger partial charge in [-0.2, -0.15) is 0 Å². The molecule has 0 saturated heterocycles. The Balaban J connectivity index is 1.50. The highest BCUT2D eigenvalue weighted by Gasteiger charge is 2.31. The molecule has 46 heavy (non-hydrogen) atoms. The van der Waals surface area contributed by atoms with Crippen LogP contribution < -0.4 is 0 Å². The van der Waals surface area contributed by atoms with Crippen molar-refractivity contribution in [1.82, 2.24) is 0 Å². The van der Waals surface area contributed by atoms with E-state index in [1.54, 1.807) is 0 Å². The van der Waals surface area contributed by atoms with Crippen molar-refractivity contribution in [3.63, 3.8) is 0 Å². The van der Waals surface area contributed by atoms with Gasteiger partial charge in [0.1, 0.15) is 17.2 Å². The van der Waals surface area contributed by atoms with Gasteiger partial charge in [-0.1, -0.05) is 84.4 Å². The second kappa shape index (κ2) is 14.4. The fraction of sp³-hybridized carbons (Fsp3) is 0.581. The predicted octanol–water partition coefficient (Wildman–Crippen LogP) is 11.8. The first kappa shape index (κ1) is 33.0. The summed E-state index contributed by atoms with van der Waals surface area (Å²) in [5.41, 5.74) is 11.3. The van der Waals surface area contributed by atoms with E-state index in [2.05, 4.69) is 64.1 Å². The molecule has 0 amide bonds. The molecule has 0 aromatic heterocycles. The van der Waals surface area contributed by atoms with Gasteiger partial charge < -0.3 is 15.3 Å². The van der Waals surface area contributed by atoms with Gasteiger partial charge in [0, 0.05) is 5.92 Å². The molecule has 0 spiro atoms. The van der Waals surface area contributed by atoms with Crippen molar-refractivity contribution < 1.29 is 15.3 Å². The molecule has 3 N–H and O–H groups in total. The van der Waals surface area contributed by atoms with Crippen LogP contribution in [0.15, 0.2) is 36.4 Å². The Morgan fingerprint density at radius 2 is 0.804 bits per heavy atom. The number of aryl methyl sites for hydroxylation is 3. The lowest BCUT2D eigenvalue weighted by Crippen LogP contribution is -2.14. The van der Waals surface area contributed by atoms with E-state index in [1.165, 1.54) is 84.7 Å². The second-order valence-corrected chi connectivity index (χ2v) is 15.0. The molecule has 0 aliphatic heterocycles. The van der Waals surface area contributed by atoms with Crippen LogP contribution in [-0.4, -0.2) is 15.3 Å². The lowest BCUT2D eigenvalue weighted by Gasteiger charge is -2.30. The van der Waals surface area contributed by atoms with Crippen LogP contribution in [0.1, 0.15) is 191 Å². The normalized spacial score (nSPS) is 18.7. The van der Waals surface area contributed by atoms with Gasteiger partial charge in [0.05, 0.1) is 0 Å². The number of phenols is 3. The molecule has 0 heterocycles. The van der Waals surface area contributed by atoms with Crippen molar-refractivity contribution in [2.45, 2.75) is 160 Å². The van der Waals surface area contributed by atoms with E-state index in [0.717, 1.165) is 68.1 Å². The van der Waals surface area contributed by atoms with E-state index in [1.807, 2.05) is 0 Å². The van der Waals surface area contributed by atoms with Crippen LogP contribution in [0.25, 0.3) is 0 Å². The fourth-order valence-electron chi connectivity index (χ4n) is 9.62. The van der Waals surface area contributed by atoms with Crippen LogP contribution >= 0.6 is 0 Å². The molecule has 3 fully saturated rings. The van der Waals surface area contributed by atoms with E-state index in [0.29, 0.717) is 35.0 Å². The first-order valence-corrected chi connectivity index (χ1v) is 18.9. The highest BCUT2D eigenvalue weighted by molar-refractivity contribution is 5.53. The van der Waals surface area contributed by atoms with Crippen molar-refractivity contribution in [2.24, 2.45) is 0 Å². The van der Waals surface area contributed by atoms with Gasteiger partial charge in [-0.25, -0.2) is 0 Å². The molecule has 0 radical (unpaired) electrons. The lowest BCUT2D eigenvalue weighted by atomic mass is 9.74. The summed E-state index contributed by atoms with van der Waals surface area (Å²) in [4.78, 5) is 0. The zero-order valence-corrected chi connectivity index (χ0v) is 29.0. The minimum atomic E-state index is 0.148. The maximum Gasteiger partial charge on any atom is 0.119 e. The van der Waals surface area contributed by atoms with Crippen LogP contribution in [0, 0.1) is 0 Å². The van der Waals surface area contributed by atoms with Gasteiger partial charge in [0.15, 0.2) is 0 Å². The van der Waals surface area contributed by atoms with Crippen molar-refractivity contribution in [3.05, 3.63) is 86.5 Å². The number of aromatic hydroxyl groups is 3. The van der Waals surface area contributed by atoms with Crippen LogP contribution in [0.5, 0.6) is 17.2 Å². The topological polar surface area (TPSA) is 60.7 Å². The van der Waals surface area contributed by atoms with Crippen molar-refractivity contribution in [3.8, 4) is 17.2 Å². The van der Waals surface area contributed by atoms with Gasteiger partial charge in [-0.05, 0) is 156 Å². The Morgan fingerprint density at radius 3 is 1.13 bits per heavy atom. The third-order valence-electron chi connectivity index (χ3n) is 12.3. The molecule has 1 atom stereocenters. The van der Waals surface area contributed by atoms with E-state index in [4.69, 9.17) is 0 Å². The summed E-state index contributed by atoms with van der Waals surface area (Å²) >= 11 is 0. The number of benzene rings is 3. The molecule has 3 aromatic rings. The maximum absolute atomic E-state index is 11.3. The Morgan fingerprint density at radius 1 is 0.500 bits per heavy atom. The van der Waals surface area contributed by atoms with E-state index < -0.39 is 0 Å². The molecule has 3 saturated carbocycles. The van der Waals surface area contributed by atoms with Crippen LogP contribution in [-0.2, 0) is 19.3 Å². The van der Waals surface area contributed by atoms with E-state index in [-0.39, 0.29) is 11.8 Å². The third-order valence-corrected chi connectivity index (χ3v) is 12.3. The standard InChI is InChI=1S/C43H58O3/c1-5-28-21-41(44)37(31-14-8-9-15-31)24-34(28)27(4)20-40(35-25-38(32-16-10-11-17-32)42(45)22-29(35)6-2)36-26-39(33-18-12-13-19-33)43(46)23-30(36)7-3/h21-27,31-33,40,44-46H,5-20H2,1-4H3. The zero-order chi connectivity index (χ0) is 32.4. The van der Waals surface area contributed by atoms with Crippen LogP contribution in [0.4, 0.5) is 0 Å². The minimum Gasteiger partial charge on any atom is -0.508 e. The smallest absolute Gasteiger partial charge is 0.119 e. The van der Waals surface area contributed by atoms with Crippen molar-refractivity contribution in [2.75, 3.05) is 0 Å². The number of hydrogen-bond acceptors (Lipinski definition) is 3. The number of rotatable bonds is 11. The molecule has 3 nitrogen and oxygen atoms in total. The second-order valence-electron chi connectivity index (χ2n) is 15.0. The summed E-state index contributed by atoms with van der Waals surface area (Å²) in [6.45, 7) is 9.05. The number of hydrogen-bond donors (Lipinski definition) is 3. The molecule has 1 unspecified atom stereocenters. The Labute approximate surface area is 278 Å². The van der Waals surface area contributed by atoms with Crippen LogP contribution in [0.3, 0.4) is 0 Å². The monoisotopic (exact) mass is 622 g/mol. The average Bonchev–Trinajstić information content (AvgIpc) is 3.88. The minimum absolute atomic E-state index is 0.148. The molecular weight excluding hydrogens is 564 g/mol. The zero-order valence-electron chi connectivity index (χ0n) is 29.0. The average molecular weight is 623 g/mol. The van der Waals surface area contributed by atoms with Gasteiger partial charge in [0.25, 0.3) is 0 Å². The summed E-state index contributed by atoms with van der Waals surface area (Å²) in [7, 11) is 0. The first-order valence-electron chi connectivity index (χ1n) is 18.9. The van der Waals surface area contributed by atoms with Crippen molar-refractivity contribution >= 4 is 0 Å². The predicted molar refractivity (Wildman–Crippen MR) is 191 cm³/mol. The molecule has 248 valence electrons. The van der Waals surface area contributed by atoms with Gasteiger partial charge in [0.2, 0.25) is 0 Å². The third kappa shape index (κ3) is 6.58. The van der Waals surface area contributed by atoms with Gasteiger partial charge >= 0.3 is 0 Å². The lowest BCUT2D eigenvalue weighted by molar-refractivity contribution is 0.458. The first-order chi connectivity index (χ1) is 22.3. The number of phenolic OH excluding ortho intramolecular Hbond substituents is 3. The molecule has 0 bridgehead atoms. The Bertz CT molecular complexity index is 1430. The maximum atomic E-state index is 11.3. The summed E-state index contributed by atoms with van der Waals surface area (Å²) in [5, 5.41) is 33.8. The fourth-order valence-corrected chi connectivity index (χ4v) is 9.62.